The van der Waals surface area contributed by atoms with Crippen molar-refractivity contribution in [1.29, 1.82) is 0 Å². The van der Waals surface area contributed by atoms with Crippen LogP contribution in [0.15, 0.2) is 85.6 Å². The van der Waals surface area contributed by atoms with Crippen LogP contribution < -0.4 is 10.5 Å². The molecule has 5 rings (SSSR count). The number of ether oxygens (including phenoxy) is 1. The molecule has 2 heterocycles. The highest BCUT2D eigenvalue weighted by atomic mass is 16.5. The molecule has 1 unspecified atom stereocenters. The van der Waals surface area contributed by atoms with E-state index in [-0.39, 0.29) is 17.8 Å². The van der Waals surface area contributed by atoms with Crippen molar-refractivity contribution >= 4 is 22.8 Å². The smallest absolute Gasteiger partial charge is 0.245 e. The predicted octanol–water partition coefficient (Wildman–Crippen LogP) is 5.17. The Kier molecular flexibility index (Phi) is 5.48. The number of carbonyl (C=O) groups excluding carboxylic acids is 1. The number of likely N-dealkylation sites (tertiary alicyclic amines) is 1. The fraction of sp³-hybridized carbons (Fsp3) is 0.148. The van der Waals surface area contributed by atoms with Gasteiger partial charge in [-0.3, -0.25) is 4.79 Å². The maximum Gasteiger partial charge on any atom is 0.245 e. The second-order valence-corrected chi connectivity index (χ2v) is 8.14. The molecule has 0 aliphatic carbocycles. The molecule has 33 heavy (non-hydrogen) atoms. The van der Waals surface area contributed by atoms with Crippen LogP contribution in [0.3, 0.4) is 0 Å². The van der Waals surface area contributed by atoms with Crippen LogP contribution >= 0.6 is 0 Å². The molecule has 6 nitrogen and oxygen atoms in total. The van der Waals surface area contributed by atoms with E-state index >= 15 is 0 Å². The second-order valence-electron chi connectivity index (χ2n) is 8.14. The van der Waals surface area contributed by atoms with Gasteiger partial charge in [0.15, 0.2) is 0 Å². The molecule has 0 spiro atoms. The van der Waals surface area contributed by atoms with Gasteiger partial charge in [-0.25, -0.2) is 9.97 Å². The maximum absolute atomic E-state index is 12.1. The number of hydrogen-bond acceptors (Lipinski definition) is 5. The van der Waals surface area contributed by atoms with Crippen LogP contribution in [0.5, 0.6) is 11.5 Å². The van der Waals surface area contributed by atoms with E-state index in [1.165, 1.54) is 6.08 Å². The van der Waals surface area contributed by atoms with E-state index < -0.39 is 0 Å². The lowest BCUT2D eigenvalue weighted by Crippen LogP contribution is -2.26. The van der Waals surface area contributed by atoms with Crippen LogP contribution in [-0.4, -0.2) is 33.9 Å². The average Bonchev–Trinajstić information content (AvgIpc) is 3.34. The lowest BCUT2D eigenvalue weighted by atomic mass is 9.92. The number of nitrogens with two attached hydrogens (primary N) is 1. The number of benzene rings is 3. The molecule has 1 aliphatic heterocycles. The molecule has 164 valence electrons. The zero-order valence-corrected chi connectivity index (χ0v) is 18.1. The highest BCUT2D eigenvalue weighted by Crippen LogP contribution is 2.36. The van der Waals surface area contributed by atoms with E-state index in [2.05, 4.69) is 28.7 Å². The lowest BCUT2D eigenvalue weighted by molar-refractivity contribution is -0.125. The fourth-order valence-corrected chi connectivity index (χ4v) is 4.35. The van der Waals surface area contributed by atoms with Gasteiger partial charge in [0.2, 0.25) is 11.9 Å². The minimum atomic E-state index is -0.0406. The third-order valence-corrected chi connectivity index (χ3v) is 6.01. The first kappa shape index (κ1) is 20.7. The van der Waals surface area contributed by atoms with Gasteiger partial charge in [0, 0.05) is 30.6 Å². The Morgan fingerprint density at radius 3 is 2.58 bits per heavy atom. The predicted molar refractivity (Wildman–Crippen MR) is 130 cm³/mol. The number of nitrogen functional groups attached to an aromatic ring is 1. The summed E-state index contributed by atoms with van der Waals surface area (Å²) in [6, 6.07) is 22.0. The zero-order chi connectivity index (χ0) is 22.8. The molecule has 2 N–H and O–H groups in total. The Labute approximate surface area is 192 Å². The van der Waals surface area contributed by atoms with Crippen molar-refractivity contribution in [3.05, 3.63) is 91.1 Å². The number of nitrogens with zero attached hydrogens (tertiary/aromatic N) is 3. The van der Waals surface area contributed by atoms with Crippen LogP contribution in [0.4, 0.5) is 5.95 Å². The molecule has 1 amide bonds. The standard InChI is InChI=1S/C27H24N4O2/c1-2-25(32)31-13-12-19(17-31)24-15-20(14-21-16-29-27(28)30-26(21)24)18-8-10-23(11-9-18)33-22-6-4-3-5-7-22/h2-11,14-16,19H,1,12-13,17H2,(H2,28,29,30). The second kappa shape index (κ2) is 8.74. The van der Waals surface area contributed by atoms with Gasteiger partial charge in [0.25, 0.3) is 0 Å². The first-order valence-corrected chi connectivity index (χ1v) is 10.9. The Hall–Kier alpha value is -4.19. The van der Waals surface area contributed by atoms with Gasteiger partial charge in [-0.15, -0.1) is 0 Å². The number of amides is 1. The van der Waals surface area contributed by atoms with E-state index in [1.54, 1.807) is 6.20 Å². The van der Waals surface area contributed by atoms with Crippen LogP contribution in [0.1, 0.15) is 17.9 Å². The summed E-state index contributed by atoms with van der Waals surface area (Å²) in [5.41, 5.74) is 9.95. The minimum Gasteiger partial charge on any atom is -0.457 e. The summed E-state index contributed by atoms with van der Waals surface area (Å²) >= 11 is 0. The van der Waals surface area contributed by atoms with Crippen molar-refractivity contribution in [1.82, 2.24) is 14.9 Å². The number of anilines is 1. The lowest BCUT2D eigenvalue weighted by Gasteiger charge is -2.17. The van der Waals surface area contributed by atoms with E-state index in [4.69, 9.17) is 10.5 Å². The SMILES string of the molecule is C=CC(=O)N1CCC(c2cc(-c3ccc(Oc4ccccc4)cc3)cc3cnc(N)nc23)C1. The Morgan fingerprint density at radius 2 is 1.82 bits per heavy atom. The van der Waals surface area contributed by atoms with Crippen molar-refractivity contribution in [2.75, 3.05) is 18.8 Å². The number of fused-ring (bicyclic) bond motifs is 1. The van der Waals surface area contributed by atoms with Crippen molar-refractivity contribution < 1.29 is 9.53 Å². The monoisotopic (exact) mass is 436 g/mol. The first-order chi connectivity index (χ1) is 16.1. The number of rotatable bonds is 5. The Morgan fingerprint density at radius 1 is 1.06 bits per heavy atom. The third-order valence-electron chi connectivity index (χ3n) is 6.01. The van der Waals surface area contributed by atoms with Gasteiger partial charge in [-0.1, -0.05) is 36.9 Å². The number of carbonyl (C=O) groups is 1. The summed E-state index contributed by atoms with van der Waals surface area (Å²) in [6.45, 7) is 4.95. The van der Waals surface area contributed by atoms with Crippen LogP contribution in [0, 0.1) is 0 Å². The normalized spacial score (nSPS) is 15.5. The molecule has 1 aromatic heterocycles. The number of aromatic nitrogens is 2. The molecule has 1 aliphatic rings. The number of hydrogen-bond donors (Lipinski definition) is 1. The maximum atomic E-state index is 12.1. The molecule has 0 radical (unpaired) electrons. The van der Waals surface area contributed by atoms with Gasteiger partial charge in [-0.05, 0) is 65.6 Å². The molecule has 4 aromatic rings. The highest BCUT2D eigenvalue weighted by Gasteiger charge is 2.28. The molecular formula is C27H24N4O2. The minimum absolute atomic E-state index is 0.0406. The molecular weight excluding hydrogens is 412 g/mol. The summed E-state index contributed by atoms with van der Waals surface area (Å²) in [7, 11) is 0. The largest absolute Gasteiger partial charge is 0.457 e. The van der Waals surface area contributed by atoms with Crippen LogP contribution in [0.2, 0.25) is 0 Å². The first-order valence-electron chi connectivity index (χ1n) is 10.9. The van der Waals surface area contributed by atoms with Crippen molar-refractivity contribution in [2.24, 2.45) is 0 Å². The van der Waals surface area contributed by atoms with Gasteiger partial charge in [-0.2, -0.15) is 0 Å². The van der Waals surface area contributed by atoms with Gasteiger partial charge < -0.3 is 15.4 Å². The van der Waals surface area contributed by atoms with Crippen molar-refractivity contribution in [3.63, 3.8) is 0 Å². The van der Waals surface area contributed by atoms with Gasteiger partial charge in [0.05, 0.1) is 5.52 Å². The van der Waals surface area contributed by atoms with E-state index in [9.17, 15) is 4.79 Å². The quantitative estimate of drug-likeness (QED) is 0.436. The Bertz CT molecular complexity index is 1320. The molecule has 1 atom stereocenters. The molecule has 1 fully saturated rings. The fourth-order valence-electron chi connectivity index (χ4n) is 4.35. The average molecular weight is 437 g/mol. The third kappa shape index (κ3) is 4.28. The Balaban J connectivity index is 1.49. The summed E-state index contributed by atoms with van der Waals surface area (Å²) in [5, 5.41) is 0.926. The van der Waals surface area contributed by atoms with E-state index in [1.807, 2.05) is 59.5 Å². The van der Waals surface area contributed by atoms with Crippen LogP contribution in [0.25, 0.3) is 22.0 Å². The van der Waals surface area contributed by atoms with Crippen molar-refractivity contribution in [3.8, 4) is 22.6 Å². The van der Waals surface area contributed by atoms with E-state index in [0.29, 0.717) is 13.1 Å². The van der Waals surface area contributed by atoms with Crippen molar-refractivity contribution in [2.45, 2.75) is 12.3 Å². The topological polar surface area (TPSA) is 81.3 Å². The summed E-state index contributed by atoms with van der Waals surface area (Å²) in [4.78, 5) is 22.7. The molecule has 0 bridgehead atoms. The summed E-state index contributed by atoms with van der Waals surface area (Å²) in [5.74, 6) is 1.95. The molecule has 0 saturated carbocycles. The summed E-state index contributed by atoms with van der Waals surface area (Å²) in [6.07, 6.45) is 4.00. The molecule has 3 aromatic carbocycles. The van der Waals surface area contributed by atoms with E-state index in [0.717, 1.165) is 45.5 Å². The molecule has 6 heteroatoms. The van der Waals surface area contributed by atoms with Gasteiger partial charge >= 0.3 is 0 Å². The zero-order valence-electron chi connectivity index (χ0n) is 18.1. The summed E-state index contributed by atoms with van der Waals surface area (Å²) < 4.78 is 5.92. The van der Waals surface area contributed by atoms with Crippen LogP contribution in [-0.2, 0) is 4.79 Å². The van der Waals surface area contributed by atoms with Gasteiger partial charge in [0.1, 0.15) is 11.5 Å². The molecule has 1 saturated heterocycles. The highest BCUT2D eigenvalue weighted by molar-refractivity contribution is 5.89. The number of para-hydroxylation sites is 1.